The predicted molar refractivity (Wildman–Crippen MR) is 91.1 cm³/mol. The highest BCUT2D eigenvalue weighted by atomic mass is 16.5. The fraction of sp³-hybridized carbons (Fsp3) is 0.353. The van der Waals surface area contributed by atoms with Gasteiger partial charge >= 0.3 is 5.97 Å². The van der Waals surface area contributed by atoms with Gasteiger partial charge in [-0.05, 0) is 36.6 Å². The van der Waals surface area contributed by atoms with Gasteiger partial charge in [-0.15, -0.1) is 0 Å². The number of amides is 1. The first-order valence-electron chi connectivity index (χ1n) is 7.74. The van der Waals surface area contributed by atoms with Crippen LogP contribution in [0.2, 0.25) is 0 Å². The van der Waals surface area contributed by atoms with Crippen molar-refractivity contribution >= 4 is 17.7 Å². The molecule has 1 aromatic heterocycles. The molecule has 7 heteroatoms. The van der Waals surface area contributed by atoms with Crippen molar-refractivity contribution in [1.29, 1.82) is 0 Å². The first-order chi connectivity index (χ1) is 11.4. The molecule has 0 aliphatic heterocycles. The van der Waals surface area contributed by atoms with E-state index in [0.29, 0.717) is 23.7 Å². The molecule has 2 aromatic rings. The number of nitrogens with one attached hydrogen (secondary N) is 1. The highest BCUT2D eigenvalue weighted by Crippen LogP contribution is 2.18. The van der Waals surface area contributed by atoms with E-state index in [1.165, 1.54) is 18.0 Å². The van der Waals surface area contributed by atoms with Crippen molar-refractivity contribution in [2.75, 3.05) is 19.4 Å². The monoisotopic (exact) mass is 330 g/mol. The number of ether oxygens (including phenoxy) is 1. The molecule has 3 N–H and O–H groups in total. The minimum absolute atomic E-state index is 0.120. The summed E-state index contributed by atoms with van der Waals surface area (Å²) in [6, 6.07) is 6.83. The molecule has 0 aliphatic rings. The maximum atomic E-state index is 12.1. The smallest absolute Gasteiger partial charge is 0.343 e. The molecular formula is C17H22N4O3. The second kappa shape index (κ2) is 7.63. The summed E-state index contributed by atoms with van der Waals surface area (Å²) in [5.41, 5.74) is 7.34. The molecule has 0 fully saturated rings. The van der Waals surface area contributed by atoms with Crippen molar-refractivity contribution in [3.05, 3.63) is 41.6 Å². The van der Waals surface area contributed by atoms with Crippen molar-refractivity contribution in [3.63, 3.8) is 0 Å². The van der Waals surface area contributed by atoms with Crippen LogP contribution < -0.4 is 11.1 Å². The van der Waals surface area contributed by atoms with Gasteiger partial charge in [0, 0.05) is 12.1 Å². The Bertz CT molecular complexity index is 720. The van der Waals surface area contributed by atoms with E-state index in [0.717, 1.165) is 6.42 Å². The number of esters is 1. The summed E-state index contributed by atoms with van der Waals surface area (Å²) in [6.07, 6.45) is 2.29. The number of anilines is 1. The molecule has 24 heavy (non-hydrogen) atoms. The number of aromatic nitrogens is 2. The molecule has 1 heterocycles. The van der Waals surface area contributed by atoms with E-state index in [2.05, 4.69) is 29.0 Å². The van der Waals surface area contributed by atoms with Gasteiger partial charge in [0.15, 0.2) is 0 Å². The van der Waals surface area contributed by atoms with Gasteiger partial charge in [0.25, 0.3) is 5.91 Å². The minimum atomic E-state index is -0.542. The van der Waals surface area contributed by atoms with Gasteiger partial charge in [-0.3, -0.25) is 4.79 Å². The summed E-state index contributed by atoms with van der Waals surface area (Å²) in [5.74, 6) is 0.0706. The second-order valence-corrected chi connectivity index (χ2v) is 5.83. The molecule has 1 aromatic carbocycles. The number of hydrogen-bond acceptors (Lipinski definition) is 5. The lowest BCUT2D eigenvalue weighted by atomic mass is 10.1. The lowest BCUT2D eigenvalue weighted by Gasteiger charge is -2.08. The van der Waals surface area contributed by atoms with Crippen LogP contribution in [0.5, 0.6) is 0 Å². The van der Waals surface area contributed by atoms with Crippen molar-refractivity contribution in [1.82, 2.24) is 15.1 Å². The van der Waals surface area contributed by atoms with Crippen molar-refractivity contribution in [2.24, 2.45) is 5.92 Å². The molecule has 0 spiro atoms. The number of carbonyl (C=O) groups excluding carboxylic acids is 2. The number of benzene rings is 1. The van der Waals surface area contributed by atoms with Crippen LogP contribution in [-0.4, -0.2) is 35.3 Å². The summed E-state index contributed by atoms with van der Waals surface area (Å²) in [5, 5.41) is 6.97. The summed E-state index contributed by atoms with van der Waals surface area (Å²) in [4.78, 5) is 23.6. The number of rotatable bonds is 6. The third kappa shape index (κ3) is 3.92. The Hall–Kier alpha value is -2.83. The Morgan fingerprint density at radius 1 is 1.29 bits per heavy atom. The van der Waals surface area contributed by atoms with E-state index in [1.54, 1.807) is 24.3 Å². The van der Waals surface area contributed by atoms with Crippen molar-refractivity contribution in [3.8, 4) is 5.69 Å². The highest BCUT2D eigenvalue weighted by molar-refractivity contribution is 5.95. The zero-order valence-corrected chi connectivity index (χ0v) is 14.1. The van der Waals surface area contributed by atoms with Gasteiger partial charge in [-0.1, -0.05) is 13.8 Å². The summed E-state index contributed by atoms with van der Waals surface area (Å²) < 4.78 is 6.07. The topological polar surface area (TPSA) is 99.2 Å². The van der Waals surface area contributed by atoms with Gasteiger partial charge in [0.1, 0.15) is 11.4 Å². The van der Waals surface area contributed by atoms with E-state index in [9.17, 15) is 9.59 Å². The standard InChI is InChI=1S/C17H22N4O3/c1-11(2)8-9-19-16(22)12-4-6-13(7-5-12)21-15(18)14(10-20-21)17(23)24-3/h4-7,10-11H,8-9,18H2,1-3H3,(H,19,22). The fourth-order valence-corrected chi connectivity index (χ4v) is 2.16. The fourth-order valence-electron chi connectivity index (χ4n) is 2.16. The maximum absolute atomic E-state index is 12.1. The van der Waals surface area contributed by atoms with E-state index in [4.69, 9.17) is 5.73 Å². The maximum Gasteiger partial charge on any atom is 0.343 e. The molecule has 7 nitrogen and oxygen atoms in total. The second-order valence-electron chi connectivity index (χ2n) is 5.83. The molecule has 0 saturated carbocycles. The molecule has 0 aliphatic carbocycles. The molecule has 0 saturated heterocycles. The van der Waals surface area contributed by atoms with Crippen LogP contribution >= 0.6 is 0 Å². The van der Waals surface area contributed by atoms with Crippen molar-refractivity contribution in [2.45, 2.75) is 20.3 Å². The van der Waals surface area contributed by atoms with Gasteiger partial charge in [0.2, 0.25) is 0 Å². The van der Waals surface area contributed by atoms with Crippen LogP contribution in [-0.2, 0) is 4.74 Å². The van der Waals surface area contributed by atoms with E-state index in [-0.39, 0.29) is 17.3 Å². The van der Waals surface area contributed by atoms with Crippen LogP contribution in [0.25, 0.3) is 5.69 Å². The van der Waals surface area contributed by atoms with Crippen molar-refractivity contribution < 1.29 is 14.3 Å². The van der Waals surface area contributed by atoms with Gasteiger partial charge in [0.05, 0.1) is 19.0 Å². The van der Waals surface area contributed by atoms with Crippen LogP contribution in [0, 0.1) is 5.92 Å². The normalized spacial score (nSPS) is 10.7. The summed E-state index contributed by atoms with van der Waals surface area (Å²) in [7, 11) is 1.28. The Kier molecular flexibility index (Phi) is 5.57. The highest BCUT2D eigenvalue weighted by Gasteiger charge is 2.16. The first-order valence-corrected chi connectivity index (χ1v) is 7.74. The third-order valence-corrected chi connectivity index (χ3v) is 3.59. The largest absolute Gasteiger partial charge is 0.465 e. The zero-order valence-electron chi connectivity index (χ0n) is 14.1. The molecule has 1 amide bonds. The molecule has 0 radical (unpaired) electrons. The Balaban J connectivity index is 2.11. The van der Waals surface area contributed by atoms with Gasteiger partial charge in [-0.25, -0.2) is 9.48 Å². The first kappa shape index (κ1) is 17.5. The third-order valence-electron chi connectivity index (χ3n) is 3.59. The van der Waals surface area contributed by atoms with E-state index >= 15 is 0 Å². The molecular weight excluding hydrogens is 308 g/mol. The predicted octanol–water partition coefficient (Wildman–Crippen LogP) is 2.02. The number of nitrogens with zero attached hydrogens (tertiary/aromatic N) is 2. The molecule has 128 valence electrons. The molecule has 0 atom stereocenters. The van der Waals surface area contributed by atoms with Crippen LogP contribution in [0.3, 0.4) is 0 Å². The van der Waals surface area contributed by atoms with Gasteiger partial charge in [-0.2, -0.15) is 5.10 Å². The van der Waals surface area contributed by atoms with Crippen LogP contribution in [0.15, 0.2) is 30.5 Å². The lowest BCUT2D eigenvalue weighted by molar-refractivity contribution is 0.0601. The van der Waals surface area contributed by atoms with Crippen LogP contribution in [0.1, 0.15) is 41.0 Å². The number of hydrogen-bond donors (Lipinski definition) is 2. The molecule has 0 bridgehead atoms. The summed E-state index contributed by atoms with van der Waals surface area (Å²) >= 11 is 0. The number of nitrogen functional groups attached to an aromatic ring is 1. The Morgan fingerprint density at radius 3 is 2.54 bits per heavy atom. The van der Waals surface area contributed by atoms with Crippen LogP contribution in [0.4, 0.5) is 5.82 Å². The lowest BCUT2D eigenvalue weighted by Crippen LogP contribution is -2.25. The van der Waals surface area contributed by atoms with E-state index < -0.39 is 5.97 Å². The minimum Gasteiger partial charge on any atom is -0.465 e. The quantitative estimate of drug-likeness (QED) is 0.789. The number of methoxy groups -OCH3 is 1. The summed E-state index contributed by atoms with van der Waals surface area (Å²) in [6.45, 7) is 4.86. The SMILES string of the molecule is COC(=O)c1cnn(-c2ccc(C(=O)NCCC(C)C)cc2)c1N. The Morgan fingerprint density at radius 2 is 1.96 bits per heavy atom. The molecule has 2 rings (SSSR count). The van der Waals surface area contributed by atoms with E-state index in [1.807, 2.05) is 0 Å². The average molecular weight is 330 g/mol. The molecule has 0 unspecified atom stereocenters. The Labute approximate surface area is 140 Å². The number of nitrogens with two attached hydrogens (primary N) is 1. The average Bonchev–Trinajstić information content (AvgIpc) is 2.95. The number of carbonyl (C=O) groups is 2. The zero-order chi connectivity index (χ0) is 17.7. The van der Waals surface area contributed by atoms with Gasteiger partial charge < -0.3 is 15.8 Å².